The van der Waals surface area contributed by atoms with E-state index in [1.165, 1.54) is 36.3 Å². The lowest BCUT2D eigenvalue weighted by molar-refractivity contribution is 0.266. The monoisotopic (exact) mass is 280 g/mol. The average Bonchev–Trinajstić information content (AvgIpc) is 2.78. The molecule has 0 bridgehead atoms. The lowest BCUT2D eigenvalue weighted by Gasteiger charge is -2.33. The van der Waals surface area contributed by atoms with Crippen LogP contribution in [0.3, 0.4) is 0 Å². The summed E-state index contributed by atoms with van der Waals surface area (Å²) in [6, 6.07) is 8.91. The summed E-state index contributed by atoms with van der Waals surface area (Å²) in [4.78, 5) is 1.50. The number of hydrogen-bond donors (Lipinski definition) is 0. The number of hydrogen-bond acceptors (Lipinski definition) is 1. The number of rotatable bonds is 2. The predicted octanol–water partition coefficient (Wildman–Crippen LogP) is 5.31. The SMILES string of the molecule is CC1CCC(Cl)C(CC2CSc3ccccc32)C1. The third-order valence-corrected chi connectivity index (χ3v) is 6.36. The standard InChI is InChI=1S/C16H21ClS/c1-11-6-7-15(17)12(8-11)9-13-10-18-16-5-3-2-4-14(13)16/h2-5,11-13,15H,6-10H2,1H3. The van der Waals surface area contributed by atoms with Gasteiger partial charge in [-0.1, -0.05) is 25.1 Å². The van der Waals surface area contributed by atoms with Gasteiger partial charge in [-0.2, -0.15) is 0 Å². The van der Waals surface area contributed by atoms with Crippen molar-refractivity contribution in [2.45, 2.75) is 48.8 Å². The van der Waals surface area contributed by atoms with Crippen molar-refractivity contribution >= 4 is 23.4 Å². The molecule has 1 aromatic rings. The van der Waals surface area contributed by atoms with E-state index < -0.39 is 0 Å². The maximum absolute atomic E-state index is 6.55. The predicted molar refractivity (Wildman–Crippen MR) is 80.7 cm³/mol. The molecule has 0 spiro atoms. The van der Waals surface area contributed by atoms with Crippen LogP contribution in [0.2, 0.25) is 0 Å². The molecule has 0 saturated heterocycles. The third-order valence-electron chi connectivity index (χ3n) is 4.54. The number of alkyl halides is 1. The smallest absolute Gasteiger partial charge is 0.0364 e. The van der Waals surface area contributed by atoms with Crippen LogP contribution in [0, 0.1) is 11.8 Å². The summed E-state index contributed by atoms with van der Waals surface area (Å²) in [5.74, 6) is 3.60. The van der Waals surface area contributed by atoms with Crippen molar-refractivity contribution in [3.63, 3.8) is 0 Å². The highest BCUT2D eigenvalue weighted by atomic mass is 35.5. The number of halogens is 1. The van der Waals surface area contributed by atoms with Gasteiger partial charge in [-0.15, -0.1) is 23.4 Å². The van der Waals surface area contributed by atoms with Gasteiger partial charge in [-0.05, 0) is 55.1 Å². The fraction of sp³-hybridized carbons (Fsp3) is 0.625. The second-order valence-corrected chi connectivity index (χ2v) is 7.60. The molecule has 0 nitrogen and oxygen atoms in total. The van der Waals surface area contributed by atoms with E-state index in [1.54, 1.807) is 5.56 Å². The molecule has 4 atom stereocenters. The van der Waals surface area contributed by atoms with Gasteiger partial charge >= 0.3 is 0 Å². The normalized spacial score (nSPS) is 35.4. The summed E-state index contributed by atoms with van der Waals surface area (Å²) in [6.45, 7) is 2.38. The minimum Gasteiger partial charge on any atom is -0.125 e. The first-order valence-corrected chi connectivity index (χ1v) is 8.52. The largest absolute Gasteiger partial charge is 0.125 e. The zero-order valence-corrected chi connectivity index (χ0v) is 12.5. The first kappa shape index (κ1) is 12.9. The van der Waals surface area contributed by atoms with Crippen LogP contribution >= 0.6 is 23.4 Å². The molecule has 0 amide bonds. The Labute approximate surface area is 119 Å². The Morgan fingerprint density at radius 1 is 1.28 bits per heavy atom. The van der Waals surface area contributed by atoms with Crippen LogP contribution in [0.4, 0.5) is 0 Å². The molecule has 4 unspecified atom stereocenters. The highest BCUT2D eigenvalue weighted by molar-refractivity contribution is 7.99. The molecule has 0 aromatic heterocycles. The molecule has 3 rings (SSSR count). The molecule has 1 fully saturated rings. The first-order valence-electron chi connectivity index (χ1n) is 7.10. The molecule has 0 radical (unpaired) electrons. The highest BCUT2D eigenvalue weighted by Gasteiger charge is 2.32. The Hall–Kier alpha value is -0.140. The van der Waals surface area contributed by atoms with Gasteiger partial charge in [0.2, 0.25) is 0 Å². The molecule has 1 aliphatic heterocycles. The topological polar surface area (TPSA) is 0 Å². The van der Waals surface area contributed by atoms with E-state index in [4.69, 9.17) is 11.6 Å². The molecular weight excluding hydrogens is 260 g/mol. The quantitative estimate of drug-likeness (QED) is 0.662. The van der Waals surface area contributed by atoms with Crippen molar-refractivity contribution in [3.8, 4) is 0 Å². The van der Waals surface area contributed by atoms with Crippen LogP contribution < -0.4 is 0 Å². The summed E-state index contributed by atoms with van der Waals surface area (Å²) in [6.07, 6.45) is 5.16. The van der Waals surface area contributed by atoms with Crippen molar-refractivity contribution in [2.24, 2.45) is 11.8 Å². The summed E-state index contributed by atoms with van der Waals surface area (Å²) >= 11 is 8.57. The van der Waals surface area contributed by atoms with E-state index in [0.717, 1.165) is 17.8 Å². The molecule has 0 N–H and O–H groups in total. The van der Waals surface area contributed by atoms with Crippen molar-refractivity contribution < 1.29 is 0 Å². The van der Waals surface area contributed by atoms with Crippen LogP contribution in [0.1, 0.15) is 44.1 Å². The van der Waals surface area contributed by atoms with Gasteiger partial charge in [0.25, 0.3) is 0 Å². The van der Waals surface area contributed by atoms with Crippen LogP contribution in [0.25, 0.3) is 0 Å². The van der Waals surface area contributed by atoms with Crippen molar-refractivity contribution in [1.29, 1.82) is 0 Å². The maximum Gasteiger partial charge on any atom is 0.0364 e. The molecular formula is C16H21ClS. The van der Waals surface area contributed by atoms with Gasteiger partial charge in [0, 0.05) is 16.0 Å². The molecule has 98 valence electrons. The Morgan fingerprint density at radius 3 is 3.00 bits per heavy atom. The maximum atomic E-state index is 6.55. The summed E-state index contributed by atoms with van der Waals surface area (Å²) < 4.78 is 0. The molecule has 2 heteroatoms. The van der Waals surface area contributed by atoms with Gasteiger partial charge in [0.05, 0.1) is 0 Å². The fourth-order valence-corrected chi connectivity index (χ4v) is 5.10. The van der Waals surface area contributed by atoms with Gasteiger partial charge in [-0.25, -0.2) is 0 Å². The molecule has 1 saturated carbocycles. The highest BCUT2D eigenvalue weighted by Crippen LogP contribution is 2.45. The van der Waals surface area contributed by atoms with Gasteiger partial charge < -0.3 is 0 Å². The number of fused-ring (bicyclic) bond motifs is 1. The first-order chi connectivity index (χ1) is 8.74. The van der Waals surface area contributed by atoms with E-state index in [9.17, 15) is 0 Å². The Morgan fingerprint density at radius 2 is 2.11 bits per heavy atom. The zero-order chi connectivity index (χ0) is 12.5. The van der Waals surface area contributed by atoms with E-state index in [0.29, 0.717) is 5.38 Å². The van der Waals surface area contributed by atoms with Gasteiger partial charge in [0.1, 0.15) is 0 Å². The lowest BCUT2D eigenvalue weighted by Crippen LogP contribution is -2.26. The van der Waals surface area contributed by atoms with Gasteiger partial charge in [0.15, 0.2) is 0 Å². The second kappa shape index (κ2) is 5.46. The molecule has 2 aliphatic rings. The number of thioether (sulfide) groups is 1. The van der Waals surface area contributed by atoms with Gasteiger partial charge in [-0.3, -0.25) is 0 Å². The zero-order valence-electron chi connectivity index (χ0n) is 10.9. The molecule has 1 heterocycles. The van der Waals surface area contributed by atoms with Crippen molar-refractivity contribution in [2.75, 3.05) is 5.75 Å². The van der Waals surface area contributed by atoms with E-state index >= 15 is 0 Å². The van der Waals surface area contributed by atoms with E-state index in [2.05, 4.69) is 31.2 Å². The fourth-order valence-electron chi connectivity index (χ4n) is 3.50. The summed E-state index contributed by atoms with van der Waals surface area (Å²) in [7, 11) is 0. The lowest BCUT2D eigenvalue weighted by atomic mass is 9.77. The minimum absolute atomic E-state index is 0.416. The second-order valence-electron chi connectivity index (χ2n) is 5.98. The third kappa shape index (κ3) is 2.58. The Bertz CT molecular complexity index is 417. The molecule has 18 heavy (non-hydrogen) atoms. The van der Waals surface area contributed by atoms with E-state index in [1.807, 2.05) is 11.8 Å². The average molecular weight is 281 g/mol. The summed E-state index contributed by atoms with van der Waals surface area (Å²) in [5, 5.41) is 0.416. The Kier molecular flexibility index (Phi) is 3.91. The van der Waals surface area contributed by atoms with Crippen LogP contribution in [0.5, 0.6) is 0 Å². The van der Waals surface area contributed by atoms with Crippen LogP contribution in [-0.2, 0) is 0 Å². The van der Waals surface area contributed by atoms with Crippen molar-refractivity contribution in [3.05, 3.63) is 29.8 Å². The van der Waals surface area contributed by atoms with Crippen LogP contribution in [-0.4, -0.2) is 11.1 Å². The summed E-state index contributed by atoms with van der Waals surface area (Å²) in [5.41, 5.74) is 1.57. The number of benzene rings is 1. The van der Waals surface area contributed by atoms with E-state index in [-0.39, 0.29) is 0 Å². The van der Waals surface area contributed by atoms with Crippen molar-refractivity contribution in [1.82, 2.24) is 0 Å². The molecule has 1 aromatic carbocycles. The van der Waals surface area contributed by atoms with Crippen LogP contribution in [0.15, 0.2) is 29.2 Å². The Balaban J connectivity index is 1.70. The molecule has 1 aliphatic carbocycles. The minimum atomic E-state index is 0.416.